The van der Waals surface area contributed by atoms with Crippen molar-refractivity contribution in [1.29, 1.82) is 0 Å². The van der Waals surface area contributed by atoms with Crippen LogP contribution < -0.4 is 9.80 Å². The highest BCUT2D eigenvalue weighted by molar-refractivity contribution is 5.44. The predicted octanol–water partition coefficient (Wildman–Crippen LogP) is 2.50. The molecule has 6 heteroatoms. The third kappa shape index (κ3) is 3.43. The molecule has 1 atom stereocenters. The SMILES string of the molecule is CC1CCc2nnc(N3CCC(N(C)c4ccncn4)CC3)cc2C1. The van der Waals surface area contributed by atoms with E-state index in [0.29, 0.717) is 6.04 Å². The zero-order chi connectivity index (χ0) is 17.2. The molecular formula is C19H26N6. The van der Waals surface area contributed by atoms with E-state index < -0.39 is 0 Å². The second-order valence-electron chi connectivity index (χ2n) is 7.42. The molecule has 0 radical (unpaired) electrons. The van der Waals surface area contributed by atoms with Crippen molar-refractivity contribution in [1.82, 2.24) is 20.2 Å². The predicted molar refractivity (Wildman–Crippen MR) is 98.9 cm³/mol. The molecule has 2 aliphatic rings. The normalized spacial score (nSPS) is 21.0. The minimum atomic E-state index is 0.511. The minimum absolute atomic E-state index is 0.511. The summed E-state index contributed by atoms with van der Waals surface area (Å²) in [5, 5.41) is 9.02. The number of nitrogens with zero attached hydrogens (tertiary/aromatic N) is 6. The van der Waals surface area contributed by atoms with Gasteiger partial charge in [-0.25, -0.2) is 9.97 Å². The van der Waals surface area contributed by atoms with Crippen molar-refractivity contribution in [2.24, 2.45) is 5.92 Å². The first kappa shape index (κ1) is 16.2. The van der Waals surface area contributed by atoms with Gasteiger partial charge in [0.15, 0.2) is 5.82 Å². The summed E-state index contributed by atoms with van der Waals surface area (Å²) in [6, 6.07) is 4.77. The smallest absolute Gasteiger partial charge is 0.151 e. The van der Waals surface area contributed by atoms with Gasteiger partial charge in [-0.1, -0.05) is 6.92 Å². The van der Waals surface area contributed by atoms with Crippen molar-refractivity contribution >= 4 is 11.6 Å². The van der Waals surface area contributed by atoms with E-state index in [9.17, 15) is 0 Å². The topological polar surface area (TPSA) is 58.0 Å². The Labute approximate surface area is 149 Å². The van der Waals surface area contributed by atoms with Gasteiger partial charge in [0.25, 0.3) is 0 Å². The monoisotopic (exact) mass is 338 g/mol. The highest BCUT2D eigenvalue weighted by atomic mass is 15.3. The van der Waals surface area contributed by atoms with E-state index in [0.717, 1.165) is 56.3 Å². The first-order valence-electron chi connectivity index (χ1n) is 9.30. The molecule has 25 heavy (non-hydrogen) atoms. The Morgan fingerprint density at radius 3 is 2.76 bits per heavy atom. The largest absolute Gasteiger partial charge is 0.356 e. The Kier molecular flexibility index (Phi) is 4.51. The molecule has 0 bridgehead atoms. The number of fused-ring (bicyclic) bond motifs is 1. The summed E-state index contributed by atoms with van der Waals surface area (Å²) in [7, 11) is 2.13. The van der Waals surface area contributed by atoms with Crippen LogP contribution in [-0.4, -0.2) is 46.3 Å². The van der Waals surface area contributed by atoms with Gasteiger partial charge < -0.3 is 9.80 Å². The zero-order valence-corrected chi connectivity index (χ0v) is 15.1. The fraction of sp³-hybridized carbons (Fsp3) is 0.579. The average molecular weight is 338 g/mol. The molecule has 132 valence electrons. The van der Waals surface area contributed by atoms with E-state index in [1.165, 1.54) is 17.7 Å². The van der Waals surface area contributed by atoms with Crippen LogP contribution in [0.25, 0.3) is 0 Å². The molecule has 2 aromatic heterocycles. The Morgan fingerprint density at radius 2 is 2.00 bits per heavy atom. The number of piperidine rings is 1. The van der Waals surface area contributed by atoms with E-state index in [1.54, 1.807) is 12.5 Å². The Morgan fingerprint density at radius 1 is 1.16 bits per heavy atom. The Bertz CT molecular complexity index is 711. The highest BCUT2D eigenvalue weighted by Gasteiger charge is 2.25. The summed E-state index contributed by atoms with van der Waals surface area (Å²) in [4.78, 5) is 13.0. The van der Waals surface area contributed by atoms with E-state index in [2.05, 4.69) is 50.0 Å². The molecule has 1 unspecified atom stereocenters. The molecule has 6 nitrogen and oxygen atoms in total. The second kappa shape index (κ2) is 6.94. The molecule has 0 N–H and O–H groups in total. The van der Waals surface area contributed by atoms with Crippen LogP contribution in [0.15, 0.2) is 24.7 Å². The van der Waals surface area contributed by atoms with E-state index in [4.69, 9.17) is 0 Å². The van der Waals surface area contributed by atoms with Crippen molar-refractivity contribution in [2.45, 2.75) is 45.1 Å². The molecule has 1 fully saturated rings. The number of hydrogen-bond acceptors (Lipinski definition) is 6. The third-order valence-electron chi connectivity index (χ3n) is 5.65. The van der Waals surface area contributed by atoms with Crippen LogP contribution >= 0.6 is 0 Å². The lowest BCUT2D eigenvalue weighted by Crippen LogP contribution is -2.44. The minimum Gasteiger partial charge on any atom is -0.356 e. The fourth-order valence-corrected chi connectivity index (χ4v) is 4.01. The van der Waals surface area contributed by atoms with E-state index in [1.807, 2.05) is 6.07 Å². The molecule has 0 aromatic carbocycles. The first-order valence-corrected chi connectivity index (χ1v) is 9.30. The van der Waals surface area contributed by atoms with Gasteiger partial charge in [-0.05, 0) is 55.7 Å². The molecule has 3 heterocycles. The Hall–Kier alpha value is -2.24. The van der Waals surface area contributed by atoms with Crippen LogP contribution in [0.4, 0.5) is 11.6 Å². The van der Waals surface area contributed by atoms with Crippen LogP contribution in [0, 0.1) is 5.92 Å². The molecule has 1 aliphatic heterocycles. The summed E-state index contributed by atoms with van der Waals surface area (Å²) in [6.45, 7) is 4.36. The summed E-state index contributed by atoms with van der Waals surface area (Å²) in [6.07, 6.45) is 9.09. The lowest BCUT2D eigenvalue weighted by Gasteiger charge is -2.37. The summed E-state index contributed by atoms with van der Waals surface area (Å²) in [5.41, 5.74) is 2.62. The summed E-state index contributed by atoms with van der Waals surface area (Å²) >= 11 is 0. The lowest BCUT2D eigenvalue weighted by molar-refractivity contribution is 0.471. The maximum atomic E-state index is 4.51. The van der Waals surface area contributed by atoms with Gasteiger partial charge in [0.2, 0.25) is 0 Å². The van der Waals surface area contributed by atoms with Crippen LogP contribution in [0.5, 0.6) is 0 Å². The van der Waals surface area contributed by atoms with Gasteiger partial charge in [-0.2, -0.15) is 5.10 Å². The maximum absolute atomic E-state index is 4.51. The van der Waals surface area contributed by atoms with Crippen LogP contribution in [-0.2, 0) is 12.8 Å². The van der Waals surface area contributed by atoms with Gasteiger partial charge in [0.1, 0.15) is 12.1 Å². The maximum Gasteiger partial charge on any atom is 0.151 e. The number of aromatic nitrogens is 4. The van der Waals surface area contributed by atoms with Crippen molar-refractivity contribution in [3.63, 3.8) is 0 Å². The number of rotatable bonds is 3. The van der Waals surface area contributed by atoms with Crippen molar-refractivity contribution < 1.29 is 0 Å². The Balaban J connectivity index is 1.41. The van der Waals surface area contributed by atoms with Gasteiger partial charge in [0, 0.05) is 32.4 Å². The highest BCUT2D eigenvalue weighted by Crippen LogP contribution is 2.28. The third-order valence-corrected chi connectivity index (χ3v) is 5.65. The number of anilines is 2. The lowest BCUT2D eigenvalue weighted by atomic mass is 9.88. The summed E-state index contributed by atoms with van der Waals surface area (Å²) in [5.74, 6) is 2.81. The van der Waals surface area contributed by atoms with Crippen molar-refractivity contribution in [3.8, 4) is 0 Å². The molecule has 2 aromatic rings. The van der Waals surface area contributed by atoms with E-state index in [-0.39, 0.29) is 0 Å². The van der Waals surface area contributed by atoms with Gasteiger partial charge in [-0.15, -0.1) is 5.10 Å². The standard InChI is InChI=1S/C19H26N6/c1-14-3-4-17-15(11-14)12-19(23-22-17)25-9-6-16(7-10-25)24(2)18-5-8-20-13-21-18/h5,8,12-14,16H,3-4,6-7,9-11H2,1-2H3. The summed E-state index contributed by atoms with van der Waals surface area (Å²) < 4.78 is 0. The molecule has 4 rings (SSSR count). The molecule has 0 spiro atoms. The molecular weight excluding hydrogens is 312 g/mol. The molecule has 0 saturated carbocycles. The quantitative estimate of drug-likeness (QED) is 0.857. The molecule has 1 aliphatic carbocycles. The molecule has 0 amide bonds. The van der Waals surface area contributed by atoms with Crippen LogP contribution in [0.1, 0.15) is 37.4 Å². The average Bonchev–Trinajstić information content (AvgIpc) is 2.67. The zero-order valence-electron chi connectivity index (χ0n) is 15.1. The number of hydrogen-bond donors (Lipinski definition) is 0. The fourth-order valence-electron chi connectivity index (χ4n) is 4.01. The second-order valence-corrected chi connectivity index (χ2v) is 7.42. The van der Waals surface area contributed by atoms with Crippen molar-refractivity contribution in [2.75, 3.05) is 29.9 Å². The molecule has 1 saturated heterocycles. The van der Waals surface area contributed by atoms with Crippen LogP contribution in [0.2, 0.25) is 0 Å². The first-order chi connectivity index (χ1) is 12.2. The van der Waals surface area contributed by atoms with Gasteiger partial charge >= 0.3 is 0 Å². The van der Waals surface area contributed by atoms with Crippen molar-refractivity contribution in [3.05, 3.63) is 35.9 Å². The van der Waals surface area contributed by atoms with E-state index >= 15 is 0 Å². The van der Waals surface area contributed by atoms with Crippen LogP contribution in [0.3, 0.4) is 0 Å². The van der Waals surface area contributed by atoms with Gasteiger partial charge in [0.05, 0.1) is 5.69 Å². The van der Waals surface area contributed by atoms with Gasteiger partial charge in [-0.3, -0.25) is 0 Å². The number of aryl methyl sites for hydroxylation is 1.